The lowest BCUT2D eigenvalue weighted by Crippen LogP contribution is -2.11. The number of rotatable bonds is 3. The quantitative estimate of drug-likeness (QED) is 0.738. The van der Waals surface area contributed by atoms with E-state index in [-0.39, 0.29) is 11.7 Å². The highest BCUT2D eigenvalue weighted by Crippen LogP contribution is 2.28. The van der Waals surface area contributed by atoms with Gasteiger partial charge in [0.05, 0.1) is 4.88 Å². The number of anilines is 1. The van der Waals surface area contributed by atoms with Crippen molar-refractivity contribution >= 4 is 22.9 Å². The van der Waals surface area contributed by atoms with Gasteiger partial charge in [0.15, 0.2) is 0 Å². The van der Waals surface area contributed by atoms with E-state index in [4.69, 9.17) is 0 Å². The molecule has 0 atom stereocenters. The minimum absolute atomic E-state index is 0.185. The van der Waals surface area contributed by atoms with Gasteiger partial charge >= 0.3 is 0 Å². The highest BCUT2D eigenvalue weighted by molar-refractivity contribution is 7.12. The first-order valence-electron chi connectivity index (χ1n) is 6.44. The van der Waals surface area contributed by atoms with Crippen molar-refractivity contribution in [3.05, 3.63) is 76.7 Å². The molecule has 104 valence electrons. The van der Waals surface area contributed by atoms with Gasteiger partial charge < -0.3 is 5.32 Å². The van der Waals surface area contributed by atoms with Gasteiger partial charge in [-0.3, -0.25) is 4.79 Å². The van der Waals surface area contributed by atoms with Gasteiger partial charge in [0.2, 0.25) is 0 Å². The van der Waals surface area contributed by atoms with Gasteiger partial charge in [-0.25, -0.2) is 4.39 Å². The minimum atomic E-state index is -0.325. The molecular weight excluding hydrogens is 285 g/mol. The maximum absolute atomic E-state index is 12.9. The number of thiophene rings is 1. The van der Waals surface area contributed by atoms with Crippen molar-refractivity contribution in [2.45, 2.75) is 0 Å². The zero-order valence-electron chi connectivity index (χ0n) is 11.0. The fourth-order valence-electron chi connectivity index (χ4n) is 2.05. The molecule has 0 spiro atoms. The van der Waals surface area contributed by atoms with Crippen molar-refractivity contribution < 1.29 is 9.18 Å². The molecule has 3 aromatic rings. The molecule has 1 heterocycles. The van der Waals surface area contributed by atoms with Crippen LogP contribution in [0.3, 0.4) is 0 Å². The number of amides is 1. The van der Waals surface area contributed by atoms with Crippen molar-refractivity contribution in [2.75, 3.05) is 5.32 Å². The van der Waals surface area contributed by atoms with Crippen LogP contribution in [-0.4, -0.2) is 5.91 Å². The van der Waals surface area contributed by atoms with Crippen LogP contribution in [0.1, 0.15) is 9.67 Å². The molecule has 21 heavy (non-hydrogen) atoms. The molecule has 1 amide bonds. The molecule has 0 fully saturated rings. The van der Waals surface area contributed by atoms with E-state index in [1.54, 1.807) is 12.1 Å². The molecule has 0 unspecified atom stereocenters. The first-order chi connectivity index (χ1) is 10.2. The number of carbonyl (C=O) groups is 1. The minimum Gasteiger partial charge on any atom is -0.321 e. The first-order valence-corrected chi connectivity index (χ1v) is 7.32. The second-order valence-electron chi connectivity index (χ2n) is 4.49. The first kappa shape index (κ1) is 13.5. The summed E-state index contributed by atoms with van der Waals surface area (Å²) in [5.41, 5.74) is 2.48. The lowest BCUT2D eigenvalue weighted by Gasteiger charge is -2.06. The molecule has 4 heteroatoms. The predicted octanol–water partition coefficient (Wildman–Crippen LogP) is 4.81. The second kappa shape index (κ2) is 5.89. The Kier molecular flexibility index (Phi) is 3.79. The van der Waals surface area contributed by atoms with Gasteiger partial charge in [0, 0.05) is 11.3 Å². The van der Waals surface area contributed by atoms with Crippen LogP contribution in [0.15, 0.2) is 66.0 Å². The maximum atomic E-state index is 12.9. The van der Waals surface area contributed by atoms with E-state index in [1.807, 2.05) is 41.8 Å². The van der Waals surface area contributed by atoms with Crippen LogP contribution >= 0.6 is 11.3 Å². The lowest BCUT2D eigenvalue weighted by atomic mass is 10.1. The number of hydrogen-bond donors (Lipinski definition) is 1. The van der Waals surface area contributed by atoms with Crippen molar-refractivity contribution in [3.63, 3.8) is 0 Å². The molecule has 2 aromatic carbocycles. The zero-order valence-corrected chi connectivity index (χ0v) is 11.9. The highest BCUT2D eigenvalue weighted by Gasteiger charge is 2.14. The van der Waals surface area contributed by atoms with Gasteiger partial charge in [0.1, 0.15) is 5.82 Å². The van der Waals surface area contributed by atoms with Crippen LogP contribution in [-0.2, 0) is 0 Å². The van der Waals surface area contributed by atoms with Crippen molar-refractivity contribution in [1.29, 1.82) is 0 Å². The van der Waals surface area contributed by atoms with Crippen LogP contribution in [0.2, 0.25) is 0 Å². The average molecular weight is 297 g/mol. The van der Waals surface area contributed by atoms with Crippen LogP contribution in [0.4, 0.5) is 10.1 Å². The van der Waals surface area contributed by atoms with E-state index >= 15 is 0 Å². The number of hydrogen-bond acceptors (Lipinski definition) is 2. The molecule has 0 bridgehead atoms. The summed E-state index contributed by atoms with van der Waals surface area (Å²) in [5, 5.41) is 4.68. The molecular formula is C17H12FNOS. The van der Waals surface area contributed by atoms with Crippen LogP contribution in [0, 0.1) is 5.82 Å². The SMILES string of the molecule is O=C(Nc1ccc(F)cc1)c1sccc1-c1ccccc1. The summed E-state index contributed by atoms with van der Waals surface area (Å²) in [4.78, 5) is 13.0. The standard InChI is InChI=1S/C17H12FNOS/c18-13-6-8-14(9-7-13)19-17(20)16-15(10-11-21-16)12-4-2-1-3-5-12/h1-11H,(H,19,20). The smallest absolute Gasteiger partial charge is 0.266 e. The molecule has 0 aliphatic heterocycles. The van der Waals surface area contributed by atoms with E-state index < -0.39 is 0 Å². The molecule has 0 saturated carbocycles. The second-order valence-corrected chi connectivity index (χ2v) is 5.41. The summed E-state index contributed by atoms with van der Waals surface area (Å²) in [5.74, 6) is -0.510. The number of halogens is 1. The van der Waals surface area contributed by atoms with Crippen molar-refractivity contribution in [1.82, 2.24) is 0 Å². The molecule has 3 rings (SSSR count). The number of carbonyl (C=O) groups excluding carboxylic acids is 1. The Hall–Kier alpha value is -2.46. The fraction of sp³-hybridized carbons (Fsp3) is 0. The normalized spacial score (nSPS) is 10.3. The van der Waals surface area contributed by atoms with Crippen LogP contribution in [0.5, 0.6) is 0 Å². The largest absolute Gasteiger partial charge is 0.321 e. The van der Waals surface area contributed by atoms with Crippen molar-refractivity contribution in [3.8, 4) is 11.1 Å². The summed E-state index contributed by atoms with van der Waals surface area (Å²) in [6, 6.07) is 17.4. The molecule has 1 N–H and O–H groups in total. The van der Waals surface area contributed by atoms with E-state index in [0.717, 1.165) is 11.1 Å². The highest BCUT2D eigenvalue weighted by atomic mass is 32.1. The third-order valence-corrected chi connectivity index (χ3v) is 3.97. The van der Waals surface area contributed by atoms with Gasteiger partial charge in [0.25, 0.3) is 5.91 Å². The Morgan fingerprint density at radius 2 is 1.67 bits per heavy atom. The third kappa shape index (κ3) is 3.01. The summed E-state index contributed by atoms with van der Waals surface area (Å²) in [6.07, 6.45) is 0. The molecule has 0 aliphatic rings. The van der Waals surface area contributed by atoms with Gasteiger partial charge in [-0.05, 0) is 41.3 Å². The summed E-state index contributed by atoms with van der Waals surface area (Å²) in [7, 11) is 0. The Morgan fingerprint density at radius 3 is 2.38 bits per heavy atom. The van der Waals surface area contributed by atoms with Crippen LogP contribution in [0.25, 0.3) is 11.1 Å². The lowest BCUT2D eigenvalue weighted by molar-refractivity contribution is 0.103. The van der Waals surface area contributed by atoms with Crippen LogP contribution < -0.4 is 5.32 Å². The van der Waals surface area contributed by atoms with Gasteiger partial charge in [-0.1, -0.05) is 30.3 Å². The van der Waals surface area contributed by atoms with E-state index in [9.17, 15) is 9.18 Å². The number of benzene rings is 2. The molecule has 0 aliphatic carbocycles. The number of nitrogens with one attached hydrogen (secondary N) is 1. The Morgan fingerprint density at radius 1 is 0.952 bits per heavy atom. The Bertz CT molecular complexity index is 750. The topological polar surface area (TPSA) is 29.1 Å². The maximum Gasteiger partial charge on any atom is 0.266 e. The third-order valence-electron chi connectivity index (χ3n) is 3.06. The molecule has 1 aromatic heterocycles. The molecule has 2 nitrogen and oxygen atoms in total. The Balaban J connectivity index is 1.86. The summed E-state index contributed by atoms with van der Waals surface area (Å²) >= 11 is 1.39. The summed E-state index contributed by atoms with van der Waals surface area (Å²) in [6.45, 7) is 0. The van der Waals surface area contributed by atoms with Gasteiger partial charge in [-0.15, -0.1) is 11.3 Å². The average Bonchev–Trinajstić information content (AvgIpc) is 3.00. The fourth-order valence-corrected chi connectivity index (χ4v) is 2.86. The van der Waals surface area contributed by atoms with E-state index in [2.05, 4.69) is 5.32 Å². The van der Waals surface area contributed by atoms with E-state index in [1.165, 1.54) is 23.5 Å². The molecule has 0 radical (unpaired) electrons. The Labute approximate surface area is 125 Å². The monoisotopic (exact) mass is 297 g/mol. The van der Waals surface area contributed by atoms with E-state index in [0.29, 0.717) is 10.6 Å². The summed E-state index contributed by atoms with van der Waals surface area (Å²) < 4.78 is 12.9. The predicted molar refractivity (Wildman–Crippen MR) is 84.1 cm³/mol. The van der Waals surface area contributed by atoms with Gasteiger partial charge in [-0.2, -0.15) is 0 Å². The van der Waals surface area contributed by atoms with Crippen molar-refractivity contribution in [2.24, 2.45) is 0 Å². The zero-order chi connectivity index (χ0) is 14.7. The molecule has 0 saturated heterocycles.